The fourth-order valence-electron chi connectivity index (χ4n) is 1.69. The number of nitro groups is 2. The van der Waals surface area contributed by atoms with Crippen LogP contribution in [0.1, 0.15) is 33.3 Å². The van der Waals surface area contributed by atoms with Crippen LogP contribution in [0.15, 0.2) is 12.1 Å². The maximum absolute atomic E-state index is 11.1. The predicted molar refractivity (Wildman–Crippen MR) is 69.6 cm³/mol. The molecule has 104 valence electrons. The van der Waals surface area contributed by atoms with Gasteiger partial charge in [-0.1, -0.05) is 20.8 Å². The molecule has 0 amide bonds. The average molecular weight is 268 g/mol. The number of hydrogen-bond acceptors (Lipinski definition) is 5. The Bertz CT molecular complexity index is 520. The first-order valence-corrected chi connectivity index (χ1v) is 5.78. The lowest BCUT2D eigenvalue weighted by molar-refractivity contribution is -0.394. The molecule has 1 aromatic rings. The first-order valence-electron chi connectivity index (χ1n) is 5.78. The Kier molecular flexibility index (Phi) is 4.08. The van der Waals surface area contributed by atoms with E-state index in [0.29, 0.717) is 5.56 Å². The van der Waals surface area contributed by atoms with E-state index in [4.69, 9.17) is 4.74 Å². The van der Waals surface area contributed by atoms with Crippen molar-refractivity contribution in [2.45, 2.75) is 33.1 Å². The Hall–Kier alpha value is -2.18. The number of nitro benzene ring substituents is 2. The van der Waals surface area contributed by atoms with Crippen LogP contribution in [0.2, 0.25) is 0 Å². The van der Waals surface area contributed by atoms with Crippen molar-refractivity contribution in [3.05, 3.63) is 37.9 Å². The maximum atomic E-state index is 11.1. The van der Waals surface area contributed by atoms with Crippen LogP contribution in [-0.2, 0) is 5.41 Å². The lowest BCUT2D eigenvalue weighted by atomic mass is 9.85. The number of hydrogen-bond donors (Lipinski definition) is 0. The van der Waals surface area contributed by atoms with Crippen LogP contribution in [-0.4, -0.2) is 16.5 Å². The van der Waals surface area contributed by atoms with Crippen LogP contribution in [0.5, 0.6) is 5.75 Å². The van der Waals surface area contributed by atoms with Crippen molar-refractivity contribution in [3.63, 3.8) is 0 Å². The van der Waals surface area contributed by atoms with Crippen molar-refractivity contribution in [2.24, 2.45) is 0 Å². The third kappa shape index (κ3) is 3.18. The van der Waals surface area contributed by atoms with E-state index in [1.807, 2.05) is 20.8 Å². The summed E-state index contributed by atoms with van der Waals surface area (Å²) < 4.78 is 5.33. The zero-order valence-corrected chi connectivity index (χ0v) is 11.3. The smallest absolute Gasteiger partial charge is 0.318 e. The van der Waals surface area contributed by atoms with Crippen molar-refractivity contribution in [1.82, 2.24) is 0 Å². The summed E-state index contributed by atoms with van der Waals surface area (Å²) >= 11 is 0. The molecule has 1 rings (SSSR count). The van der Waals surface area contributed by atoms with Gasteiger partial charge in [0.2, 0.25) is 5.75 Å². The Labute approximate surface area is 110 Å². The molecule has 0 heterocycles. The lowest BCUT2D eigenvalue weighted by Crippen LogP contribution is -2.15. The molecule has 0 radical (unpaired) electrons. The van der Waals surface area contributed by atoms with Gasteiger partial charge in [-0.15, -0.1) is 0 Å². The highest BCUT2D eigenvalue weighted by Crippen LogP contribution is 2.41. The summed E-state index contributed by atoms with van der Waals surface area (Å²) in [7, 11) is 0. The highest BCUT2D eigenvalue weighted by molar-refractivity contribution is 5.60. The van der Waals surface area contributed by atoms with Gasteiger partial charge in [0.1, 0.15) is 0 Å². The highest BCUT2D eigenvalue weighted by atomic mass is 16.6. The molecule has 0 spiro atoms. The molecule has 0 saturated heterocycles. The van der Waals surface area contributed by atoms with Gasteiger partial charge in [0.05, 0.1) is 22.5 Å². The summed E-state index contributed by atoms with van der Waals surface area (Å²) in [4.78, 5) is 20.6. The van der Waals surface area contributed by atoms with Gasteiger partial charge in [0.25, 0.3) is 5.69 Å². The number of rotatable bonds is 4. The molecule has 0 unspecified atom stereocenters. The van der Waals surface area contributed by atoms with Crippen LogP contribution in [0.3, 0.4) is 0 Å². The fraction of sp³-hybridized carbons (Fsp3) is 0.500. The number of non-ortho nitro benzene ring substituents is 1. The fourth-order valence-corrected chi connectivity index (χ4v) is 1.69. The van der Waals surface area contributed by atoms with Gasteiger partial charge in [0, 0.05) is 11.6 Å². The third-order valence-electron chi connectivity index (χ3n) is 2.56. The van der Waals surface area contributed by atoms with Gasteiger partial charge in [-0.2, -0.15) is 0 Å². The van der Waals surface area contributed by atoms with E-state index >= 15 is 0 Å². The first kappa shape index (κ1) is 14.9. The quantitative estimate of drug-likeness (QED) is 0.617. The Balaban J connectivity index is 3.65. The molecular formula is C12H16N2O5. The predicted octanol–water partition coefficient (Wildman–Crippen LogP) is 3.20. The molecule has 1 aromatic carbocycles. The molecule has 0 aliphatic heterocycles. The molecule has 7 heteroatoms. The SMILES string of the molecule is CCOc1c([N+](=O)[O-])cc([N+](=O)[O-])cc1C(C)(C)C. The second kappa shape index (κ2) is 5.21. The van der Waals surface area contributed by atoms with Crippen LogP contribution < -0.4 is 4.74 Å². The molecule has 0 bridgehead atoms. The van der Waals surface area contributed by atoms with E-state index in [1.54, 1.807) is 6.92 Å². The minimum absolute atomic E-state index is 0.102. The zero-order chi connectivity index (χ0) is 14.8. The summed E-state index contributed by atoms with van der Waals surface area (Å²) in [6.07, 6.45) is 0. The van der Waals surface area contributed by atoms with Crippen molar-refractivity contribution in [1.29, 1.82) is 0 Å². The van der Waals surface area contributed by atoms with Gasteiger partial charge in [0.15, 0.2) is 0 Å². The molecule has 0 aliphatic rings. The topological polar surface area (TPSA) is 95.5 Å². The summed E-state index contributed by atoms with van der Waals surface area (Å²) in [5.74, 6) is 0.102. The zero-order valence-electron chi connectivity index (χ0n) is 11.3. The van der Waals surface area contributed by atoms with Crippen LogP contribution in [0, 0.1) is 20.2 Å². The number of ether oxygens (including phenoxy) is 1. The molecule has 0 aliphatic carbocycles. The van der Waals surface area contributed by atoms with Crippen LogP contribution >= 0.6 is 0 Å². The summed E-state index contributed by atoms with van der Waals surface area (Å²) in [6, 6.07) is 2.26. The molecule has 0 N–H and O–H groups in total. The molecular weight excluding hydrogens is 252 g/mol. The first-order chi connectivity index (χ1) is 8.68. The Morgan fingerprint density at radius 3 is 2.11 bits per heavy atom. The standard InChI is InChI=1S/C12H16N2O5/c1-5-19-11-9(12(2,3)4)6-8(13(15)16)7-10(11)14(17)18/h6-7H,5H2,1-4H3. The lowest BCUT2D eigenvalue weighted by Gasteiger charge is -2.22. The van der Waals surface area contributed by atoms with E-state index in [2.05, 4.69) is 0 Å². The molecule has 0 fully saturated rings. The van der Waals surface area contributed by atoms with Gasteiger partial charge < -0.3 is 4.74 Å². The van der Waals surface area contributed by atoms with E-state index in [1.165, 1.54) is 6.07 Å². The minimum Gasteiger partial charge on any atom is -0.487 e. The van der Waals surface area contributed by atoms with Crippen molar-refractivity contribution >= 4 is 11.4 Å². The van der Waals surface area contributed by atoms with Crippen molar-refractivity contribution in [3.8, 4) is 5.75 Å². The molecule has 0 saturated carbocycles. The molecule has 19 heavy (non-hydrogen) atoms. The van der Waals surface area contributed by atoms with Gasteiger partial charge >= 0.3 is 5.69 Å². The Morgan fingerprint density at radius 2 is 1.74 bits per heavy atom. The highest BCUT2D eigenvalue weighted by Gasteiger charge is 2.30. The maximum Gasteiger partial charge on any atom is 0.318 e. The van der Waals surface area contributed by atoms with Gasteiger partial charge in [-0.3, -0.25) is 20.2 Å². The molecule has 0 aromatic heterocycles. The molecule has 0 atom stereocenters. The summed E-state index contributed by atoms with van der Waals surface area (Å²) in [6.45, 7) is 7.41. The van der Waals surface area contributed by atoms with E-state index < -0.39 is 15.3 Å². The minimum atomic E-state index is -0.659. The largest absolute Gasteiger partial charge is 0.487 e. The van der Waals surface area contributed by atoms with Crippen LogP contribution in [0.4, 0.5) is 11.4 Å². The number of benzene rings is 1. The van der Waals surface area contributed by atoms with Gasteiger partial charge in [-0.25, -0.2) is 0 Å². The normalized spacial score (nSPS) is 11.2. The second-order valence-corrected chi connectivity index (χ2v) is 5.04. The van der Waals surface area contributed by atoms with E-state index in [0.717, 1.165) is 6.07 Å². The van der Waals surface area contributed by atoms with E-state index in [-0.39, 0.29) is 23.7 Å². The van der Waals surface area contributed by atoms with Crippen molar-refractivity contribution in [2.75, 3.05) is 6.61 Å². The second-order valence-electron chi connectivity index (χ2n) is 5.04. The molecule has 7 nitrogen and oxygen atoms in total. The van der Waals surface area contributed by atoms with Gasteiger partial charge in [-0.05, 0) is 12.3 Å². The summed E-state index contributed by atoms with van der Waals surface area (Å²) in [5, 5.41) is 21.9. The van der Waals surface area contributed by atoms with E-state index in [9.17, 15) is 20.2 Å². The number of nitrogens with zero attached hydrogens (tertiary/aromatic N) is 2. The van der Waals surface area contributed by atoms with Crippen LogP contribution in [0.25, 0.3) is 0 Å². The summed E-state index contributed by atoms with van der Waals surface area (Å²) in [5.41, 5.74) is -0.724. The Morgan fingerprint density at radius 1 is 1.16 bits per heavy atom. The third-order valence-corrected chi connectivity index (χ3v) is 2.56. The average Bonchev–Trinajstić information content (AvgIpc) is 2.27. The van der Waals surface area contributed by atoms with Crippen molar-refractivity contribution < 1.29 is 14.6 Å². The monoisotopic (exact) mass is 268 g/mol.